The number of nitrogens with two attached hydrogens (primary N) is 1. The van der Waals surface area contributed by atoms with Crippen LogP contribution in [0.4, 0.5) is 0 Å². The summed E-state index contributed by atoms with van der Waals surface area (Å²) in [7, 11) is 1.54. The summed E-state index contributed by atoms with van der Waals surface area (Å²) in [6.07, 6.45) is 0.426. The highest BCUT2D eigenvalue weighted by atomic mass is 16.5. The van der Waals surface area contributed by atoms with E-state index in [1.165, 1.54) is 5.56 Å². The first kappa shape index (κ1) is 14.7. The summed E-state index contributed by atoms with van der Waals surface area (Å²) >= 11 is 0. The van der Waals surface area contributed by atoms with Crippen molar-refractivity contribution in [2.75, 3.05) is 26.7 Å². The zero-order valence-electron chi connectivity index (χ0n) is 11.1. The third kappa shape index (κ3) is 4.47. The molecule has 18 heavy (non-hydrogen) atoms. The summed E-state index contributed by atoms with van der Waals surface area (Å²) in [4.78, 5) is 13.8. The van der Waals surface area contributed by atoms with Crippen molar-refractivity contribution >= 4 is 5.91 Å². The van der Waals surface area contributed by atoms with Crippen LogP contribution in [0.2, 0.25) is 0 Å². The maximum absolute atomic E-state index is 12.0. The molecule has 0 heterocycles. The summed E-state index contributed by atoms with van der Waals surface area (Å²) in [5.74, 6) is -0.00104. The van der Waals surface area contributed by atoms with Gasteiger partial charge in [-0.1, -0.05) is 30.3 Å². The molecule has 0 spiro atoms. The van der Waals surface area contributed by atoms with E-state index in [1.54, 1.807) is 18.9 Å². The van der Waals surface area contributed by atoms with Crippen molar-refractivity contribution in [3.63, 3.8) is 0 Å². The maximum Gasteiger partial charge on any atom is 0.251 e. The van der Waals surface area contributed by atoms with Gasteiger partial charge in [0.1, 0.15) is 6.10 Å². The van der Waals surface area contributed by atoms with Crippen LogP contribution < -0.4 is 5.73 Å². The van der Waals surface area contributed by atoms with E-state index in [9.17, 15) is 4.79 Å². The summed E-state index contributed by atoms with van der Waals surface area (Å²) < 4.78 is 5.06. The summed E-state index contributed by atoms with van der Waals surface area (Å²) in [5, 5.41) is 0. The molecule has 1 amide bonds. The van der Waals surface area contributed by atoms with E-state index in [-0.39, 0.29) is 5.91 Å². The molecule has 1 aromatic carbocycles. The lowest BCUT2D eigenvalue weighted by atomic mass is 10.1. The molecule has 0 fully saturated rings. The number of rotatable bonds is 7. The van der Waals surface area contributed by atoms with Gasteiger partial charge in [-0.3, -0.25) is 4.79 Å². The minimum Gasteiger partial charge on any atom is -0.372 e. The van der Waals surface area contributed by atoms with E-state index < -0.39 is 6.10 Å². The molecule has 0 bridgehead atoms. The largest absolute Gasteiger partial charge is 0.372 e. The van der Waals surface area contributed by atoms with E-state index in [4.69, 9.17) is 10.5 Å². The molecule has 0 saturated heterocycles. The van der Waals surface area contributed by atoms with Gasteiger partial charge in [0, 0.05) is 26.7 Å². The molecule has 1 aromatic rings. The molecule has 2 N–H and O–H groups in total. The van der Waals surface area contributed by atoms with Crippen LogP contribution in [0.15, 0.2) is 30.3 Å². The van der Waals surface area contributed by atoms with Crippen LogP contribution in [-0.2, 0) is 16.0 Å². The van der Waals surface area contributed by atoms with Crippen molar-refractivity contribution < 1.29 is 9.53 Å². The van der Waals surface area contributed by atoms with E-state index in [0.717, 1.165) is 6.42 Å². The fourth-order valence-electron chi connectivity index (χ4n) is 1.75. The smallest absolute Gasteiger partial charge is 0.251 e. The van der Waals surface area contributed by atoms with Gasteiger partial charge in [0.15, 0.2) is 0 Å². The predicted octanol–water partition coefficient (Wildman–Crippen LogP) is 1.05. The van der Waals surface area contributed by atoms with Gasteiger partial charge in [-0.2, -0.15) is 0 Å². The van der Waals surface area contributed by atoms with Crippen LogP contribution in [0.1, 0.15) is 12.5 Å². The van der Waals surface area contributed by atoms with E-state index in [1.807, 2.05) is 18.2 Å². The lowest BCUT2D eigenvalue weighted by molar-refractivity contribution is -0.140. The Bertz CT molecular complexity index is 354. The molecule has 1 atom stereocenters. The number of benzene rings is 1. The topological polar surface area (TPSA) is 55.6 Å². The number of carbonyl (C=O) groups excluding carboxylic acids is 1. The van der Waals surface area contributed by atoms with Crippen LogP contribution >= 0.6 is 0 Å². The molecule has 0 aromatic heterocycles. The molecular weight excluding hydrogens is 228 g/mol. The predicted molar refractivity (Wildman–Crippen MR) is 72.3 cm³/mol. The minimum absolute atomic E-state index is 0.00104. The molecular formula is C14H22N2O2. The third-order valence-electron chi connectivity index (χ3n) is 2.93. The molecule has 1 unspecified atom stereocenters. The third-order valence-corrected chi connectivity index (χ3v) is 2.93. The van der Waals surface area contributed by atoms with Crippen LogP contribution in [0.25, 0.3) is 0 Å². The van der Waals surface area contributed by atoms with Crippen LogP contribution in [0, 0.1) is 0 Å². The van der Waals surface area contributed by atoms with Gasteiger partial charge in [0.05, 0.1) is 0 Å². The second kappa shape index (κ2) is 7.84. The molecule has 1 rings (SSSR count). The van der Waals surface area contributed by atoms with Crippen molar-refractivity contribution in [1.29, 1.82) is 0 Å². The van der Waals surface area contributed by atoms with Crippen LogP contribution in [0.3, 0.4) is 0 Å². The lowest BCUT2D eigenvalue weighted by Crippen LogP contribution is -2.42. The van der Waals surface area contributed by atoms with Gasteiger partial charge in [-0.15, -0.1) is 0 Å². The maximum atomic E-state index is 12.0. The van der Waals surface area contributed by atoms with Gasteiger partial charge in [0.25, 0.3) is 5.91 Å². The summed E-state index contributed by atoms with van der Waals surface area (Å²) in [6.45, 7) is 3.47. The minimum atomic E-state index is -0.410. The standard InChI is InChI=1S/C14H22N2O2/c1-12(18-2)14(17)16(11-9-15)10-8-13-6-4-3-5-7-13/h3-7,12H,8-11,15H2,1-2H3. The van der Waals surface area contributed by atoms with Crippen molar-refractivity contribution in [2.24, 2.45) is 5.73 Å². The average Bonchev–Trinajstić information content (AvgIpc) is 2.43. The van der Waals surface area contributed by atoms with Gasteiger partial charge in [-0.25, -0.2) is 0 Å². The lowest BCUT2D eigenvalue weighted by Gasteiger charge is -2.24. The Labute approximate surface area is 109 Å². The fourth-order valence-corrected chi connectivity index (χ4v) is 1.75. The van der Waals surface area contributed by atoms with Gasteiger partial charge in [0.2, 0.25) is 0 Å². The average molecular weight is 250 g/mol. The Morgan fingerprint density at radius 1 is 1.33 bits per heavy atom. The molecule has 4 heteroatoms. The molecule has 0 saturated carbocycles. The second-order valence-electron chi connectivity index (χ2n) is 4.23. The first-order chi connectivity index (χ1) is 8.69. The van der Waals surface area contributed by atoms with Crippen molar-refractivity contribution in [3.8, 4) is 0 Å². The normalized spacial score (nSPS) is 12.2. The number of carbonyl (C=O) groups is 1. The van der Waals surface area contributed by atoms with Crippen LogP contribution in [0.5, 0.6) is 0 Å². The highest BCUT2D eigenvalue weighted by molar-refractivity contribution is 5.80. The number of hydrogen-bond donors (Lipinski definition) is 1. The Morgan fingerprint density at radius 2 is 2.00 bits per heavy atom. The number of ether oxygens (including phenoxy) is 1. The van der Waals surface area contributed by atoms with Gasteiger partial charge in [-0.05, 0) is 18.9 Å². The van der Waals surface area contributed by atoms with E-state index in [2.05, 4.69) is 12.1 Å². The Balaban J connectivity index is 2.55. The van der Waals surface area contributed by atoms with Gasteiger partial charge >= 0.3 is 0 Å². The van der Waals surface area contributed by atoms with Crippen LogP contribution in [-0.4, -0.2) is 43.7 Å². The van der Waals surface area contributed by atoms with Crippen molar-refractivity contribution in [1.82, 2.24) is 4.90 Å². The zero-order valence-corrected chi connectivity index (χ0v) is 11.1. The number of nitrogens with zero attached hydrogens (tertiary/aromatic N) is 1. The number of hydrogen-bond acceptors (Lipinski definition) is 3. The van der Waals surface area contributed by atoms with E-state index in [0.29, 0.717) is 19.6 Å². The molecule has 0 aliphatic carbocycles. The summed E-state index contributed by atoms with van der Waals surface area (Å²) in [5.41, 5.74) is 6.76. The Hall–Kier alpha value is -1.39. The monoisotopic (exact) mass is 250 g/mol. The Kier molecular flexibility index (Phi) is 6.39. The van der Waals surface area contributed by atoms with Crippen molar-refractivity contribution in [2.45, 2.75) is 19.4 Å². The highest BCUT2D eigenvalue weighted by Gasteiger charge is 2.19. The number of amides is 1. The highest BCUT2D eigenvalue weighted by Crippen LogP contribution is 2.04. The molecule has 0 aliphatic rings. The number of methoxy groups -OCH3 is 1. The molecule has 100 valence electrons. The van der Waals surface area contributed by atoms with Crippen molar-refractivity contribution in [3.05, 3.63) is 35.9 Å². The molecule has 0 aliphatic heterocycles. The van der Waals surface area contributed by atoms with Gasteiger partial charge < -0.3 is 15.4 Å². The quantitative estimate of drug-likeness (QED) is 0.787. The first-order valence-electron chi connectivity index (χ1n) is 6.24. The van der Waals surface area contributed by atoms with E-state index >= 15 is 0 Å². The Morgan fingerprint density at radius 3 is 2.56 bits per heavy atom. The molecule has 4 nitrogen and oxygen atoms in total. The SMILES string of the molecule is COC(C)C(=O)N(CCN)CCc1ccccc1. The summed E-state index contributed by atoms with van der Waals surface area (Å²) in [6, 6.07) is 10.1. The fraction of sp³-hybridized carbons (Fsp3) is 0.500. The second-order valence-corrected chi connectivity index (χ2v) is 4.23. The first-order valence-corrected chi connectivity index (χ1v) is 6.24. The molecule has 0 radical (unpaired) electrons. The zero-order chi connectivity index (χ0) is 13.4.